The van der Waals surface area contributed by atoms with E-state index < -0.39 is 6.04 Å². The van der Waals surface area contributed by atoms with Gasteiger partial charge in [0.1, 0.15) is 6.04 Å². The summed E-state index contributed by atoms with van der Waals surface area (Å²) in [5, 5.41) is 6.09. The molecule has 1 fully saturated rings. The lowest BCUT2D eigenvalue weighted by Crippen LogP contribution is -2.51. The maximum absolute atomic E-state index is 12.8. The highest BCUT2D eigenvalue weighted by molar-refractivity contribution is 5.88. The molecule has 0 spiro atoms. The molecular formula is C23H36N2O2. The van der Waals surface area contributed by atoms with Crippen molar-refractivity contribution < 1.29 is 9.59 Å². The number of hydrogen-bond donors (Lipinski definition) is 2. The lowest BCUT2D eigenvalue weighted by atomic mass is 9.76. The van der Waals surface area contributed by atoms with E-state index in [2.05, 4.69) is 24.5 Å². The molecule has 150 valence electrons. The van der Waals surface area contributed by atoms with Crippen LogP contribution in [0, 0.1) is 23.7 Å². The van der Waals surface area contributed by atoms with E-state index in [9.17, 15) is 9.59 Å². The molecule has 1 aliphatic carbocycles. The third kappa shape index (κ3) is 6.08. The first kappa shape index (κ1) is 21.5. The number of nitrogens with one attached hydrogen (secondary N) is 2. The van der Waals surface area contributed by atoms with Crippen LogP contribution < -0.4 is 10.6 Å². The highest BCUT2D eigenvalue weighted by Crippen LogP contribution is 2.33. The van der Waals surface area contributed by atoms with Crippen LogP contribution in [0.3, 0.4) is 0 Å². The Labute approximate surface area is 164 Å². The Kier molecular flexibility index (Phi) is 7.88. The lowest BCUT2D eigenvalue weighted by molar-refractivity contribution is -0.133. The highest BCUT2D eigenvalue weighted by Gasteiger charge is 2.31. The summed E-state index contributed by atoms with van der Waals surface area (Å²) in [6, 6.07) is 9.32. The minimum Gasteiger partial charge on any atom is -0.348 e. The standard InChI is InChI=1S/C23H36N2O2/c1-15(2)18-11-13-20(14-12-18)22(26)25-21(16(3)4)23(27)24-17(5)19-9-7-6-8-10-19/h6-10,15-18,20-21H,11-14H2,1-5H3,(H,24,27)(H,25,26)/t17-,18?,20?,21-/m0/s1. The van der Waals surface area contributed by atoms with Crippen molar-refractivity contribution >= 4 is 11.8 Å². The van der Waals surface area contributed by atoms with Crippen molar-refractivity contribution in [3.63, 3.8) is 0 Å². The molecule has 0 aromatic heterocycles. The number of carbonyl (C=O) groups excluding carboxylic acids is 2. The average Bonchev–Trinajstić information content (AvgIpc) is 2.66. The second-order valence-electron chi connectivity index (χ2n) is 8.73. The van der Waals surface area contributed by atoms with E-state index in [1.54, 1.807) is 0 Å². The van der Waals surface area contributed by atoms with E-state index >= 15 is 0 Å². The molecule has 0 unspecified atom stereocenters. The largest absolute Gasteiger partial charge is 0.348 e. The number of rotatable bonds is 7. The van der Waals surface area contributed by atoms with Crippen LogP contribution in [0.15, 0.2) is 30.3 Å². The quantitative estimate of drug-likeness (QED) is 0.742. The zero-order valence-electron chi connectivity index (χ0n) is 17.5. The molecule has 4 heteroatoms. The molecule has 4 nitrogen and oxygen atoms in total. The summed E-state index contributed by atoms with van der Waals surface area (Å²) in [6.45, 7) is 10.5. The van der Waals surface area contributed by atoms with E-state index in [4.69, 9.17) is 0 Å². The third-order valence-corrected chi connectivity index (χ3v) is 5.99. The Morgan fingerprint density at radius 3 is 2.00 bits per heavy atom. The molecule has 27 heavy (non-hydrogen) atoms. The zero-order valence-corrected chi connectivity index (χ0v) is 17.5. The molecule has 1 aromatic carbocycles. The van der Waals surface area contributed by atoms with Crippen LogP contribution in [0.25, 0.3) is 0 Å². The van der Waals surface area contributed by atoms with Gasteiger partial charge in [-0.3, -0.25) is 9.59 Å². The van der Waals surface area contributed by atoms with Gasteiger partial charge in [-0.1, -0.05) is 58.0 Å². The van der Waals surface area contributed by atoms with Gasteiger partial charge >= 0.3 is 0 Å². The number of amides is 2. The van der Waals surface area contributed by atoms with Gasteiger partial charge in [0.05, 0.1) is 6.04 Å². The summed E-state index contributed by atoms with van der Waals surface area (Å²) in [7, 11) is 0. The highest BCUT2D eigenvalue weighted by atomic mass is 16.2. The molecule has 1 saturated carbocycles. The van der Waals surface area contributed by atoms with Crippen LogP contribution in [-0.2, 0) is 9.59 Å². The number of carbonyl (C=O) groups is 2. The first-order valence-corrected chi connectivity index (χ1v) is 10.4. The van der Waals surface area contributed by atoms with Crippen molar-refractivity contribution in [1.29, 1.82) is 0 Å². The van der Waals surface area contributed by atoms with Gasteiger partial charge in [-0.15, -0.1) is 0 Å². The van der Waals surface area contributed by atoms with Crippen molar-refractivity contribution in [3.8, 4) is 0 Å². The molecule has 2 amide bonds. The van der Waals surface area contributed by atoms with Crippen molar-refractivity contribution in [3.05, 3.63) is 35.9 Å². The summed E-state index contributed by atoms with van der Waals surface area (Å²) >= 11 is 0. The Balaban J connectivity index is 1.92. The summed E-state index contributed by atoms with van der Waals surface area (Å²) in [5.41, 5.74) is 1.06. The Morgan fingerprint density at radius 1 is 0.889 bits per heavy atom. The summed E-state index contributed by atoms with van der Waals surface area (Å²) in [5.74, 6) is 1.43. The second-order valence-corrected chi connectivity index (χ2v) is 8.73. The monoisotopic (exact) mass is 372 g/mol. The van der Waals surface area contributed by atoms with Gasteiger partial charge in [0.25, 0.3) is 0 Å². The first-order valence-electron chi connectivity index (χ1n) is 10.4. The van der Waals surface area contributed by atoms with E-state index in [0.717, 1.165) is 37.2 Å². The molecule has 0 aliphatic heterocycles. The topological polar surface area (TPSA) is 58.2 Å². The SMILES string of the molecule is CC(C)C1CCC(C(=O)N[C@H](C(=O)N[C@@H](C)c2ccccc2)C(C)C)CC1. The normalized spacial score (nSPS) is 22.3. The molecule has 0 heterocycles. The van der Waals surface area contributed by atoms with Gasteiger partial charge < -0.3 is 10.6 Å². The molecule has 1 aliphatic rings. The smallest absolute Gasteiger partial charge is 0.243 e. The first-order chi connectivity index (χ1) is 12.8. The second kappa shape index (κ2) is 9.91. The van der Waals surface area contributed by atoms with Crippen LogP contribution >= 0.6 is 0 Å². The Bertz CT molecular complexity index is 604. The van der Waals surface area contributed by atoms with Crippen molar-refractivity contribution in [2.75, 3.05) is 0 Å². The van der Waals surface area contributed by atoms with Gasteiger partial charge in [0.15, 0.2) is 0 Å². The van der Waals surface area contributed by atoms with E-state index in [1.165, 1.54) is 0 Å². The lowest BCUT2D eigenvalue weighted by Gasteiger charge is -2.32. The molecule has 1 aromatic rings. The van der Waals surface area contributed by atoms with Crippen LogP contribution in [0.4, 0.5) is 0 Å². The molecule has 2 N–H and O–H groups in total. The summed E-state index contributed by atoms with van der Waals surface area (Å²) < 4.78 is 0. The van der Waals surface area contributed by atoms with E-state index in [-0.39, 0.29) is 29.7 Å². The Hall–Kier alpha value is -1.84. The summed E-state index contributed by atoms with van der Waals surface area (Å²) in [4.78, 5) is 25.6. The van der Waals surface area contributed by atoms with Crippen molar-refractivity contribution in [1.82, 2.24) is 10.6 Å². The molecule has 2 rings (SSSR count). The van der Waals surface area contributed by atoms with Crippen molar-refractivity contribution in [2.45, 2.75) is 72.4 Å². The molecule has 0 saturated heterocycles. The maximum Gasteiger partial charge on any atom is 0.243 e. The average molecular weight is 373 g/mol. The molecule has 0 bridgehead atoms. The van der Waals surface area contributed by atoms with E-state index in [0.29, 0.717) is 5.92 Å². The van der Waals surface area contributed by atoms with Crippen LogP contribution in [-0.4, -0.2) is 17.9 Å². The summed E-state index contributed by atoms with van der Waals surface area (Å²) in [6.07, 6.45) is 4.09. The van der Waals surface area contributed by atoms with E-state index in [1.807, 2.05) is 51.1 Å². The van der Waals surface area contributed by atoms with Gasteiger partial charge in [-0.2, -0.15) is 0 Å². The zero-order chi connectivity index (χ0) is 20.0. The molecule has 0 radical (unpaired) electrons. The fourth-order valence-corrected chi connectivity index (χ4v) is 3.98. The van der Waals surface area contributed by atoms with Gasteiger partial charge in [-0.05, 0) is 55.9 Å². The van der Waals surface area contributed by atoms with Crippen LogP contribution in [0.2, 0.25) is 0 Å². The van der Waals surface area contributed by atoms with Gasteiger partial charge in [0.2, 0.25) is 11.8 Å². The van der Waals surface area contributed by atoms with Gasteiger partial charge in [-0.25, -0.2) is 0 Å². The fourth-order valence-electron chi connectivity index (χ4n) is 3.98. The third-order valence-electron chi connectivity index (χ3n) is 5.99. The van der Waals surface area contributed by atoms with Crippen LogP contribution in [0.5, 0.6) is 0 Å². The predicted octanol–water partition coefficient (Wildman–Crippen LogP) is 4.47. The number of benzene rings is 1. The Morgan fingerprint density at radius 2 is 1.48 bits per heavy atom. The molecular weight excluding hydrogens is 336 g/mol. The minimum absolute atomic E-state index is 0.0402. The maximum atomic E-state index is 12.8. The number of hydrogen-bond acceptors (Lipinski definition) is 2. The van der Waals surface area contributed by atoms with Crippen LogP contribution in [0.1, 0.15) is 71.9 Å². The van der Waals surface area contributed by atoms with Gasteiger partial charge in [0, 0.05) is 5.92 Å². The minimum atomic E-state index is -0.494. The van der Waals surface area contributed by atoms with Crippen molar-refractivity contribution in [2.24, 2.45) is 23.7 Å². The fraction of sp³-hybridized carbons (Fsp3) is 0.652. The predicted molar refractivity (Wildman–Crippen MR) is 110 cm³/mol. The molecule has 2 atom stereocenters.